The van der Waals surface area contributed by atoms with Crippen LogP contribution in [0.15, 0.2) is 48.5 Å². The number of carbonyl (C=O) groups is 2. The van der Waals surface area contributed by atoms with Gasteiger partial charge in [0.2, 0.25) is 0 Å². The third kappa shape index (κ3) is 6.23. The van der Waals surface area contributed by atoms with E-state index in [1.165, 1.54) is 30.2 Å². The van der Waals surface area contributed by atoms with E-state index in [-0.39, 0.29) is 17.8 Å². The third-order valence-corrected chi connectivity index (χ3v) is 3.55. The van der Waals surface area contributed by atoms with Crippen molar-refractivity contribution in [2.24, 2.45) is 0 Å². The second-order valence-electron chi connectivity index (χ2n) is 5.38. The van der Waals surface area contributed by atoms with Gasteiger partial charge < -0.3 is 19.1 Å². The zero-order valence-electron chi connectivity index (χ0n) is 14.9. The minimum absolute atomic E-state index is 0.160. The molecule has 0 fully saturated rings. The fraction of sp³-hybridized carbons (Fsp3) is 0.158. The number of hydrogen-bond acceptors (Lipinski definition) is 5. The Morgan fingerprint density at radius 1 is 0.966 bits per heavy atom. The Morgan fingerprint density at radius 3 is 2.28 bits per heavy atom. The molecule has 6 nitrogen and oxygen atoms in total. The molecule has 154 valence electrons. The molecular weight excluding hydrogens is 398 g/mol. The first-order valence-corrected chi connectivity index (χ1v) is 8.00. The predicted octanol–water partition coefficient (Wildman–Crippen LogP) is 4.10. The van der Waals surface area contributed by atoms with Crippen LogP contribution in [0.25, 0.3) is 6.08 Å². The lowest BCUT2D eigenvalue weighted by molar-refractivity contribution is -0.121. The quantitative estimate of drug-likeness (QED) is 0.352. The molecule has 0 aliphatic rings. The van der Waals surface area contributed by atoms with Gasteiger partial charge in [-0.15, -0.1) is 0 Å². The summed E-state index contributed by atoms with van der Waals surface area (Å²) in [6.07, 6.45) is 2.39. The van der Waals surface area contributed by atoms with Gasteiger partial charge in [0.1, 0.15) is 0 Å². The zero-order valence-corrected chi connectivity index (χ0v) is 14.9. The summed E-state index contributed by atoms with van der Waals surface area (Å²) in [4.78, 5) is 24.1. The van der Waals surface area contributed by atoms with E-state index in [0.717, 1.165) is 18.2 Å². The smallest absolute Gasteiger partial charge is 0.387 e. The van der Waals surface area contributed by atoms with Crippen molar-refractivity contribution >= 4 is 24.1 Å². The van der Waals surface area contributed by atoms with Crippen molar-refractivity contribution in [2.75, 3.05) is 11.9 Å². The molecule has 0 unspecified atom stereocenters. The highest BCUT2D eigenvalue weighted by molar-refractivity contribution is 6.04. The zero-order chi connectivity index (χ0) is 21.4. The molecule has 0 N–H and O–H groups in total. The van der Waals surface area contributed by atoms with Crippen LogP contribution in [0.3, 0.4) is 0 Å². The van der Waals surface area contributed by atoms with Crippen molar-refractivity contribution in [1.82, 2.24) is 0 Å². The molecule has 0 aliphatic carbocycles. The molecule has 1 amide bonds. The Labute approximate surface area is 162 Å². The summed E-state index contributed by atoms with van der Waals surface area (Å²) >= 11 is 0. The lowest BCUT2D eigenvalue weighted by Crippen LogP contribution is -2.24. The molecule has 2 aromatic rings. The van der Waals surface area contributed by atoms with Gasteiger partial charge in [-0.3, -0.25) is 9.59 Å². The SMILES string of the molecule is CN(C(=O)/C=C/c1ccc(OC(F)F)c(OC(F)F)c1)c1ccccc1OC=O. The van der Waals surface area contributed by atoms with Gasteiger partial charge in [0.05, 0.1) is 5.69 Å². The number of para-hydroxylation sites is 2. The lowest BCUT2D eigenvalue weighted by atomic mass is 10.2. The summed E-state index contributed by atoms with van der Waals surface area (Å²) in [5.41, 5.74) is 0.540. The van der Waals surface area contributed by atoms with Crippen LogP contribution in [0.4, 0.5) is 23.2 Å². The number of likely N-dealkylation sites (N-methyl/N-ethyl adjacent to an activating group) is 1. The molecule has 2 aromatic carbocycles. The topological polar surface area (TPSA) is 65.1 Å². The van der Waals surface area contributed by atoms with Gasteiger partial charge in [-0.25, -0.2) is 0 Å². The van der Waals surface area contributed by atoms with E-state index in [1.54, 1.807) is 18.2 Å². The van der Waals surface area contributed by atoms with Crippen LogP contribution in [0, 0.1) is 0 Å². The van der Waals surface area contributed by atoms with E-state index in [0.29, 0.717) is 5.69 Å². The largest absolute Gasteiger partial charge is 0.431 e. The summed E-state index contributed by atoms with van der Waals surface area (Å²) in [6.45, 7) is -6.25. The fourth-order valence-corrected chi connectivity index (χ4v) is 2.29. The summed E-state index contributed by atoms with van der Waals surface area (Å²) < 4.78 is 62.8. The van der Waals surface area contributed by atoms with Crippen LogP contribution in [-0.4, -0.2) is 32.7 Å². The minimum atomic E-state index is -3.25. The second kappa shape index (κ2) is 10.1. The van der Waals surface area contributed by atoms with Crippen LogP contribution in [0.1, 0.15) is 5.56 Å². The fourth-order valence-electron chi connectivity index (χ4n) is 2.29. The summed E-state index contributed by atoms with van der Waals surface area (Å²) in [5.74, 6) is -1.54. The molecule has 0 aromatic heterocycles. The van der Waals surface area contributed by atoms with Crippen molar-refractivity contribution in [3.8, 4) is 17.2 Å². The summed E-state index contributed by atoms with van der Waals surface area (Å²) in [5, 5.41) is 0. The first-order chi connectivity index (χ1) is 13.8. The minimum Gasteiger partial charge on any atom is -0.431 e. The van der Waals surface area contributed by atoms with Gasteiger partial charge >= 0.3 is 13.2 Å². The number of anilines is 1. The Hall–Kier alpha value is -3.56. The van der Waals surface area contributed by atoms with E-state index in [9.17, 15) is 27.2 Å². The molecule has 10 heteroatoms. The number of rotatable bonds is 9. The van der Waals surface area contributed by atoms with Crippen LogP contribution in [-0.2, 0) is 9.59 Å². The van der Waals surface area contributed by atoms with Crippen LogP contribution >= 0.6 is 0 Å². The standard InChI is InChI=1S/C19H15F4NO5/c1-24(13-4-2-3-5-14(13)27-11-25)17(26)9-7-12-6-8-15(28-18(20)21)16(10-12)29-19(22)23/h2-11,18-19H,1H3/b9-7+. The number of amides is 1. The number of halogens is 4. The van der Waals surface area contributed by atoms with Gasteiger partial charge in [0, 0.05) is 13.1 Å². The van der Waals surface area contributed by atoms with Crippen molar-refractivity contribution in [1.29, 1.82) is 0 Å². The van der Waals surface area contributed by atoms with E-state index >= 15 is 0 Å². The Bertz CT molecular complexity index is 889. The molecule has 0 atom stereocenters. The Morgan fingerprint density at radius 2 is 1.62 bits per heavy atom. The number of alkyl halides is 4. The highest BCUT2D eigenvalue weighted by Crippen LogP contribution is 2.32. The first-order valence-electron chi connectivity index (χ1n) is 8.00. The molecule has 29 heavy (non-hydrogen) atoms. The lowest BCUT2D eigenvalue weighted by Gasteiger charge is -2.17. The van der Waals surface area contributed by atoms with Gasteiger partial charge in [0.15, 0.2) is 17.2 Å². The van der Waals surface area contributed by atoms with Crippen LogP contribution in [0.2, 0.25) is 0 Å². The van der Waals surface area contributed by atoms with Crippen molar-refractivity contribution < 1.29 is 41.4 Å². The maximum absolute atomic E-state index is 12.5. The normalized spacial score (nSPS) is 11.0. The summed E-state index contributed by atoms with van der Waals surface area (Å²) in [6, 6.07) is 9.62. The average Bonchev–Trinajstić information content (AvgIpc) is 2.67. The average molecular weight is 413 g/mol. The van der Waals surface area contributed by atoms with Gasteiger partial charge in [0.25, 0.3) is 12.4 Å². The number of hydrogen-bond donors (Lipinski definition) is 0. The summed E-state index contributed by atoms with van der Waals surface area (Å²) in [7, 11) is 1.44. The Kier molecular flexibility index (Phi) is 7.58. The van der Waals surface area contributed by atoms with E-state index < -0.39 is 30.6 Å². The van der Waals surface area contributed by atoms with Crippen molar-refractivity contribution in [2.45, 2.75) is 13.2 Å². The molecule has 0 aliphatic heterocycles. The molecule has 0 heterocycles. The van der Waals surface area contributed by atoms with Gasteiger partial charge in [-0.2, -0.15) is 17.6 Å². The van der Waals surface area contributed by atoms with E-state index in [2.05, 4.69) is 9.47 Å². The molecule has 0 spiro atoms. The molecule has 0 bridgehead atoms. The highest BCUT2D eigenvalue weighted by atomic mass is 19.3. The second-order valence-corrected chi connectivity index (χ2v) is 5.38. The van der Waals surface area contributed by atoms with Crippen LogP contribution < -0.4 is 19.1 Å². The molecule has 0 radical (unpaired) electrons. The number of carbonyl (C=O) groups excluding carboxylic acids is 2. The third-order valence-electron chi connectivity index (χ3n) is 3.55. The first kappa shape index (κ1) is 21.7. The maximum atomic E-state index is 12.5. The molecular formula is C19H15F4NO5. The monoisotopic (exact) mass is 413 g/mol. The number of nitrogens with zero attached hydrogens (tertiary/aromatic N) is 1. The molecule has 2 rings (SSSR count). The number of ether oxygens (including phenoxy) is 3. The van der Waals surface area contributed by atoms with E-state index in [1.807, 2.05) is 0 Å². The Balaban J connectivity index is 2.22. The predicted molar refractivity (Wildman–Crippen MR) is 95.3 cm³/mol. The highest BCUT2D eigenvalue weighted by Gasteiger charge is 2.16. The van der Waals surface area contributed by atoms with Crippen molar-refractivity contribution in [3.63, 3.8) is 0 Å². The molecule has 0 saturated carbocycles. The maximum Gasteiger partial charge on any atom is 0.387 e. The van der Waals surface area contributed by atoms with Crippen molar-refractivity contribution in [3.05, 3.63) is 54.1 Å². The van der Waals surface area contributed by atoms with Gasteiger partial charge in [-0.05, 0) is 35.9 Å². The number of benzene rings is 2. The van der Waals surface area contributed by atoms with Crippen LogP contribution in [0.5, 0.6) is 17.2 Å². The molecule has 0 saturated heterocycles. The van der Waals surface area contributed by atoms with E-state index in [4.69, 9.17) is 4.74 Å². The van der Waals surface area contributed by atoms with Gasteiger partial charge in [-0.1, -0.05) is 18.2 Å².